The van der Waals surface area contributed by atoms with Crippen molar-refractivity contribution in [2.45, 2.75) is 6.42 Å². The summed E-state index contributed by atoms with van der Waals surface area (Å²) in [4.78, 5) is 19.2. The van der Waals surface area contributed by atoms with Gasteiger partial charge < -0.3 is 10.0 Å². The summed E-state index contributed by atoms with van der Waals surface area (Å²) in [6, 6.07) is 18.6. The molecule has 0 radical (unpaired) electrons. The molecule has 1 aliphatic carbocycles. The van der Waals surface area contributed by atoms with Crippen LogP contribution in [0.4, 0.5) is 4.39 Å². The first kappa shape index (κ1) is 18.5. The fourth-order valence-corrected chi connectivity index (χ4v) is 4.99. The van der Waals surface area contributed by atoms with Gasteiger partial charge in [0.1, 0.15) is 5.82 Å². The molecular formula is C26H21FN2O2. The van der Waals surface area contributed by atoms with Crippen molar-refractivity contribution in [1.82, 2.24) is 9.88 Å². The van der Waals surface area contributed by atoms with E-state index in [1.54, 1.807) is 12.3 Å². The zero-order chi connectivity index (χ0) is 21.2. The van der Waals surface area contributed by atoms with Crippen LogP contribution in [-0.2, 0) is 0 Å². The number of likely N-dealkylation sites (tertiary alicyclic amines) is 1. The summed E-state index contributed by atoms with van der Waals surface area (Å²) in [7, 11) is 0. The predicted octanol–water partition coefficient (Wildman–Crippen LogP) is 4.65. The lowest BCUT2D eigenvalue weighted by atomic mass is 9.99. The lowest BCUT2D eigenvalue weighted by Crippen LogP contribution is -2.32. The van der Waals surface area contributed by atoms with E-state index in [-0.39, 0.29) is 23.7 Å². The van der Waals surface area contributed by atoms with Gasteiger partial charge in [-0.3, -0.25) is 9.78 Å². The van der Waals surface area contributed by atoms with Crippen LogP contribution < -0.4 is 0 Å². The minimum absolute atomic E-state index is 0.0389. The van der Waals surface area contributed by atoms with E-state index in [1.165, 1.54) is 12.1 Å². The quantitative estimate of drug-likeness (QED) is 0.533. The summed E-state index contributed by atoms with van der Waals surface area (Å²) < 4.78 is 13.4. The minimum Gasteiger partial charge on any atom is -0.396 e. The van der Waals surface area contributed by atoms with Gasteiger partial charge in [0.15, 0.2) is 0 Å². The number of hydrogen-bond donors (Lipinski definition) is 1. The number of pyridine rings is 1. The van der Waals surface area contributed by atoms with Gasteiger partial charge in [-0.25, -0.2) is 4.39 Å². The summed E-state index contributed by atoms with van der Waals surface area (Å²) in [5.74, 6) is 0.203. The van der Waals surface area contributed by atoms with Crippen LogP contribution in [0.3, 0.4) is 0 Å². The fraction of sp³-hybridized carbons (Fsp3) is 0.231. The van der Waals surface area contributed by atoms with E-state index in [0.717, 1.165) is 40.3 Å². The Morgan fingerprint density at radius 3 is 2.65 bits per heavy atom. The van der Waals surface area contributed by atoms with Crippen molar-refractivity contribution in [1.29, 1.82) is 0 Å². The Morgan fingerprint density at radius 2 is 1.81 bits per heavy atom. The number of hydrogen-bond acceptors (Lipinski definition) is 3. The molecule has 0 spiro atoms. The number of nitrogens with zero attached hydrogens (tertiary/aromatic N) is 2. The van der Waals surface area contributed by atoms with Gasteiger partial charge >= 0.3 is 0 Å². The van der Waals surface area contributed by atoms with E-state index in [2.05, 4.69) is 11.1 Å². The number of rotatable bonds is 3. The van der Waals surface area contributed by atoms with E-state index in [9.17, 15) is 14.3 Å². The van der Waals surface area contributed by atoms with Crippen LogP contribution >= 0.6 is 0 Å². The second-order valence-corrected chi connectivity index (χ2v) is 8.94. The zero-order valence-electron chi connectivity index (χ0n) is 16.9. The molecule has 2 atom stereocenters. The number of benzene rings is 3. The third-order valence-electron chi connectivity index (χ3n) is 6.97. The molecule has 6 rings (SSSR count). The van der Waals surface area contributed by atoms with Crippen molar-refractivity contribution in [3.05, 3.63) is 78.2 Å². The van der Waals surface area contributed by atoms with E-state index in [0.29, 0.717) is 23.5 Å². The molecule has 4 nitrogen and oxygen atoms in total. The topological polar surface area (TPSA) is 53.4 Å². The second kappa shape index (κ2) is 6.59. The van der Waals surface area contributed by atoms with Gasteiger partial charge in [0.25, 0.3) is 5.91 Å². The Hall–Kier alpha value is -3.31. The van der Waals surface area contributed by atoms with Gasteiger partial charge in [-0.15, -0.1) is 0 Å². The highest BCUT2D eigenvalue weighted by molar-refractivity contribution is 5.99. The van der Waals surface area contributed by atoms with Crippen molar-refractivity contribution in [3.63, 3.8) is 0 Å². The summed E-state index contributed by atoms with van der Waals surface area (Å²) in [5, 5.41) is 12.6. The summed E-state index contributed by atoms with van der Waals surface area (Å²) in [6.45, 7) is 1.57. The zero-order valence-corrected chi connectivity index (χ0v) is 16.9. The van der Waals surface area contributed by atoms with Crippen LogP contribution in [0.2, 0.25) is 0 Å². The number of fused-ring (bicyclic) bond motifs is 3. The molecule has 0 bridgehead atoms. The van der Waals surface area contributed by atoms with Crippen LogP contribution in [0.15, 0.2) is 66.9 Å². The Labute approximate surface area is 178 Å². The van der Waals surface area contributed by atoms with Gasteiger partial charge in [-0.05, 0) is 65.1 Å². The van der Waals surface area contributed by atoms with Crippen LogP contribution in [0.1, 0.15) is 16.8 Å². The van der Waals surface area contributed by atoms with Crippen LogP contribution in [0.5, 0.6) is 0 Å². The molecule has 1 N–H and O–H groups in total. The molecule has 1 aromatic heterocycles. The van der Waals surface area contributed by atoms with Gasteiger partial charge in [-0.1, -0.05) is 18.2 Å². The summed E-state index contributed by atoms with van der Waals surface area (Å²) >= 11 is 0. The highest BCUT2D eigenvalue weighted by atomic mass is 19.1. The molecule has 5 heteroatoms. The number of aliphatic hydroxyl groups excluding tert-OH is 1. The number of carbonyl (C=O) groups excluding carboxylic acids is 1. The summed E-state index contributed by atoms with van der Waals surface area (Å²) in [6.07, 6.45) is 2.79. The molecule has 154 valence electrons. The smallest absolute Gasteiger partial charge is 0.253 e. The van der Waals surface area contributed by atoms with E-state index < -0.39 is 0 Å². The average molecular weight is 412 g/mol. The van der Waals surface area contributed by atoms with Crippen LogP contribution in [0, 0.1) is 17.2 Å². The molecule has 2 fully saturated rings. The number of aliphatic hydroxyl groups is 1. The third-order valence-corrected chi connectivity index (χ3v) is 6.97. The first-order valence-electron chi connectivity index (χ1n) is 10.5. The maximum absolute atomic E-state index is 13.4. The maximum atomic E-state index is 13.4. The molecule has 2 aliphatic rings. The first-order chi connectivity index (χ1) is 15.0. The molecule has 0 unspecified atom stereocenters. The van der Waals surface area contributed by atoms with Gasteiger partial charge in [0, 0.05) is 47.3 Å². The third kappa shape index (κ3) is 3.00. The van der Waals surface area contributed by atoms with Gasteiger partial charge in [0.05, 0.1) is 12.1 Å². The molecule has 2 heterocycles. The largest absolute Gasteiger partial charge is 0.396 e. The Morgan fingerprint density at radius 1 is 1.03 bits per heavy atom. The number of amides is 1. The highest BCUT2D eigenvalue weighted by Crippen LogP contribution is 2.57. The van der Waals surface area contributed by atoms with Crippen molar-refractivity contribution < 1.29 is 14.3 Å². The lowest BCUT2D eigenvalue weighted by molar-refractivity contribution is 0.0751. The lowest BCUT2D eigenvalue weighted by Gasteiger charge is -2.20. The average Bonchev–Trinajstić information content (AvgIpc) is 3.37. The van der Waals surface area contributed by atoms with E-state index >= 15 is 0 Å². The van der Waals surface area contributed by atoms with Crippen molar-refractivity contribution in [2.24, 2.45) is 11.3 Å². The molecule has 31 heavy (non-hydrogen) atoms. The monoisotopic (exact) mass is 412 g/mol. The SMILES string of the molecule is O=C(c1ccc2cc(-c3cnc4cc(F)ccc4c3)ccc2c1)N1C[C@H]2C[C@@]2(CO)C1. The Kier molecular flexibility index (Phi) is 3.93. The summed E-state index contributed by atoms with van der Waals surface area (Å²) in [5.41, 5.74) is 3.27. The first-order valence-corrected chi connectivity index (χ1v) is 10.5. The maximum Gasteiger partial charge on any atom is 0.253 e. The molecule has 1 saturated heterocycles. The second-order valence-electron chi connectivity index (χ2n) is 8.94. The number of aromatic nitrogens is 1. The highest BCUT2D eigenvalue weighted by Gasteiger charge is 2.60. The normalized spacial score (nSPS) is 22.1. The number of halogens is 1. The molecule has 1 saturated carbocycles. The Balaban J connectivity index is 1.29. The van der Waals surface area contributed by atoms with Gasteiger partial charge in [-0.2, -0.15) is 0 Å². The number of piperidine rings is 1. The van der Waals surface area contributed by atoms with Crippen molar-refractivity contribution in [2.75, 3.05) is 19.7 Å². The van der Waals surface area contributed by atoms with Crippen molar-refractivity contribution >= 4 is 27.6 Å². The van der Waals surface area contributed by atoms with Crippen LogP contribution in [-0.4, -0.2) is 40.6 Å². The standard InChI is InChI=1S/C26H21FN2O2/c27-23-6-5-19-9-21(12-28-24(19)10-23)18-2-1-17-8-20(4-3-16(17)7-18)25(31)29-13-22-11-26(22,14-29)15-30/h1-10,12,22,30H,11,13-15H2/t22-,26+/m1/s1. The molecule has 3 aromatic carbocycles. The molecule has 1 amide bonds. The number of carbonyl (C=O) groups is 1. The predicted molar refractivity (Wildman–Crippen MR) is 118 cm³/mol. The fourth-order valence-electron chi connectivity index (χ4n) is 4.99. The van der Waals surface area contributed by atoms with Crippen molar-refractivity contribution in [3.8, 4) is 11.1 Å². The van der Waals surface area contributed by atoms with E-state index in [1.807, 2.05) is 41.3 Å². The molecule has 4 aromatic rings. The van der Waals surface area contributed by atoms with Crippen LogP contribution in [0.25, 0.3) is 32.8 Å². The minimum atomic E-state index is -0.290. The van der Waals surface area contributed by atoms with Gasteiger partial charge in [0.2, 0.25) is 0 Å². The Bertz CT molecular complexity index is 1360. The van der Waals surface area contributed by atoms with E-state index in [4.69, 9.17) is 0 Å². The molecule has 1 aliphatic heterocycles. The molecular weight excluding hydrogens is 391 g/mol.